The standard InChI is InChI=1S/C20H20N4OS/c1-14(20-23-18(13-26-20)15-7-4-8-21-9-15)22-10-19(25)24-11-16-5-2-3-6-17(16)12-24/h2-9,13-14,22H,10-12H2,1H3. The van der Waals surface area contributed by atoms with Crippen LogP contribution in [0.3, 0.4) is 0 Å². The summed E-state index contributed by atoms with van der Waals surface area (Å²) in [6.45, 7) is 3.76. The molecule has 0 fully saturated rings. The van der Waals surface area contributed by atoms with Crippen LogP contribution in [0.2, 0.25) is 0 Å². The minimum absolute atomic E-state index is 0.0272. The Morgan fingerprint density at radius 2 is 2.00 bits per heavy atom. The second kappa shape index (κ2) is 7.35. The molecule has 0 bridgehead atoms. The van der Waals surface area contributed by atoms with Crippen LogP contribution < -0.4 is 5.32 Å². The Hall–Kier alpha value is -2.57. The number of rotatable bonds is 5. The van der Waals surface area contributed by atoms with Crippen molar-refractivity contribution >= 4 is 17.2 Å². The van der Waals surface area contributed by atoms with Crippen molar-refractivity contribution in [3.63, 3.8) is 0 Å². The van der Waals surface area contributed by atoms with Crippen molar-refractivity contribution in [2.45, 2.75) is 26.1 Å². The van der Waals surface area contributed by atoms with Gasteiger partial charge in [0.1, 0.15) is 5.01 Å². The molecule has 3 heterocycles. The predicted molar refractivity (Wildman–Crippen MR) is 102 cm³/mol. The average molecular weight is 364 g/mol. The van der Waals surface area contributed by atoms with Gasteiger partial charge in [0.05, 0.1) is 18.3 Å². The molecule has 1 aromatic carbocycles. The van der Waals surface area contributed by atoms with Gasteiger partial charge >= 0.3 is 0 Å². The van der Waals surface area contributed by atoms with Gasteiger partial charge in [-0.3, -0.25) is 15.1 Å². The van der Waals surface area contributed by atoms with Gasteiger partial charge in [-0.2, -0.15) is 0 Å². The average Bonchev–Trinajstić information content (AvgIpc) is 3.33. The van der Waals surface area contributed by atoms with Crippen molar-refractivity contribution in [3.05, 3.63) is 70.3 Å². The van der Waals surface area contributed by atoms with Crippen LogP contribution in [0.15, 0.2) is 54.2 Å². The highest BCUT2D eigenvalue weighted by molar-refractivity contribution is 7.10. The zero-order valence-electron chi connectivity index (χ0n) is 14.6. The highest BCUT2D eigenvalue weighted by Gasteiger charge is 2.23. The van der Waals surface area contributed by atoms with Crippen molar-refractivity contribution in [1.29, 1.82) is 0 Å². The fourth-order valence-electron chi connectivity index (χ4n) is 3.08. The largest absolute Gasteiger partial charge is 0.333 e. The van der Waals surface area contributed by atoms with Crippen molar-refractivity contribution in [1.82, 2.24) is 20.2 Å². The van der Waals surface area contributed by atoms with Crippen LogP contribution in [0.4, 0.5) is 0 Å². The Morgan fingerprint density at radius 3 is 2.69 bits per heavy atom. The molecule has 5 nitrogen and oxygen atoms in total. The quantitative estimate of drug-likeness (QED) is 0.754. The molecule has 0 spiro atoms. The van der Waals surface area contributed by atoms with Crippen LogP contribution in [-0.2, 0) is 17.9 Å². The van der Waals surface area contributed by atoms with Crippen molar-refractivity contribution in [3.8, 4) is 11.3 Å². The molecule has 0 saturated carbocycles. The number of nitrogens with one attached hydrogen (secondary N) is 1. The molecule has 1 N–H and O–H groups in total. The first-order chi connectivity index (χ1) is 12.7. The van der Waals surface area contributed by atoms with Crippen LogP contribution >= 0.6 is 11.3 Å². The van der Waals surface area contributed by atoms with Gasteiger partial charge in [-0.15, -0.1) is 11.3 Å². The summed E-state index contributed by atoms with van der Waals surface area (Å²) in [5.41, 5.74) is 4.42. The van der Waals surface area contributed by atoms with Gasteiger partial charge < -0.3 is 4.90 Å². The molecule has 1 aliphatic rings. The van der Waals surface area contributed by atoms with Crippen molar-refractivity contribution < 1.29 is 4.79 Å². The SMILES string of the molecule is CC(NCC(=O)N1Cc2ccccc2C1)c1nc(-c2cccnc2)cs1. The Balaban J connectivity index is 1.34. The van der Waals surface area contributed by atoms with E-state index in [1.807, 2.05) is 47.7 Å². The van der Waals surface area contributed by atoms with E-state index < -0.39 is 0 Å². The van der Waals surface area contributed by atoms with Crippen LogP contribution in [0.25, 0.3) is 11.3 Å². The van der Waals surface area contributed by atoms with E-state index in [-0.39, 0.29) is 11.9 Å². The molecule has 1 aliphatic heterocycles. The maximum atomic E-state index is 12.5. The van der Waals surface area contributed by atoms with Crippen LogP contribution in [0.1, 0.15) is 29.1 Å². The van der Waals surface area contributed by atoms with E-state index in [4.69, 9.17) is 0 Å². The van der Waals surface area contributed by atoms with E-state index in [0.717, 1.165) is 16.3 Å². The number of benzene rings is 1. The smallest absolute Gasteiger partial charge is 0.237 e. The molecule has 4 rings (SSSR count). The third kappa shape index (κ3) is 3.52. The molecule has 0 saturated heterocycles. The summed E-state index contributed by atoms with van der Waals surface area (Å²) in [6, 6.07) is 12.2. The molecular formula is C20H20N4OS. The minimum Gasteiger partial charge on any atom is -0.333 e. The van der Waals surface area contributed by atoms with Crippen molar-refractivity contribution in [2.24, 2.45) is 0 Å². The van der Waals surface area contributed by atoms with E-state index in [1.165, 1.54) is 11.1 Å². The van der Waals surface area contributed by atoms with Gasteiger partial charge in [0.2, 0.25) is 5.91 Å². The van der Waals surface area contributed by atoms with Gasteiger partial charge in [0.25, 0.3) is 0 Å². The Bertz CT molecular complexity index is 884. The first-order valence-electron chi connectivity index (χ1n) is 8.64. The summed E-state index contributed by atoms with van der Waals surface area (Å²) in [4.78, 5) is 23.2. The third-order valence-electron chi connectivity index (χ3n) is 4.60. The van der Waals surface area contributed by atoms with Crippen LogP contribution in [-0.4, -0.2) is 27.3 Å². The number of aromatic nitrogens is 2. The van der Waals surface area contributed by atoms with Gasteiger partial charge in [-0.05, 0) is 30.2 Å². The molecule has 1 unspecified atom stereocenters. The van der Waals surface area contributed by atoms with E-state index in [0.29, 0.717) is 19.6 Å². The number of thiazole rings is 1. The van der Waals surface area contributed by atoms with Gasteiger partial charge in [0, 0.05) is 36.4 Å². The monoisotopic (exact) mass is 364 g/mol. The molecule has 0 aliphatic carbocycles. The number of carbonyl (C=O) groups excluding carboxylic acids is 1. The number of carbonyl (C=O) groups is 1. The molecule has 6 heteroatoms. The predicted octanol–water partition coefficient (Wildman–Crippen LogP) is 3.40. The van der Waals surface area contributed by atoms with Crippen LogP contribution in [0, 0.1) is 0 Å². The summed E-state index contributed by atoms with van der Waals surface area (Å²) in [5.74, 6) is 0.122. The maximum absolute atomic E-state index is 12.5. The fourth-order valence-corrected chi connectivity index (χ4v) is 3.94. The topological polar surface area (TPSA) is 58.1 Å². The Morgan fingerprint density at radius 1 is 1.23 bits per heavy atom. The van der Waals surface area contributed by atoms with E-state index in [2.05, 4.69) is 27.4 Å². The number of amides is 1. The highest BCUT2D eigenvalue weighted by atomic mass is 32.1. The number of hydrogen-bond acceptors (Lipinski definition) is 5. The molecule has 1 amide bonds. The summed E-state index contributed by atoms with van der Waals surface area (Å²) in [5, 5.41) is 6.31. The van der Waals surface area contributed by atoms with Gasteiger partial charge in [-0.25, -0.2) is 4.98 Å². The molecule has 3 aromatic rings. The lowest BCUT2D eigenvalue weighted by Crippen LogP contribution is -2.35. The third-order valence-corrected chi connectivity index (χ3v) is 5.63. The normalized spacial score (nSPS) is 14.3. The second-order valence-corrected chi connectivity index (χ2v) is 7.32. The van der Waals surface area contributed by atoms with Gasteiger partial charge in [0.15, 0.2) is 0 Å². The molecule has 26 heavy (non-hydrogen) atoms. The maximum Gasteiger partial charge on any atom is 0.237 e. The minimum atomic E-state index is 0.0272. The van der Waals surface area contributed by atoms with Gasteiger partial charge in [-0.1, -0.05) is 24.3 Å². The zero-order valence-corrected chi connectivity index (χ0v) is 15.4. The lowest BCUT2D eigenvalue weighted by molar-refractivity contribution is -0.130. The summed E-state index contributed by atoms with van der Waals surface area (Å²) < 4.78 is 0. The molecule has 1 atom stereocenters. The number of fused-ring (bicyclic) bond motifs is 1. The number of nitrogens with zero attached hydrogens (tertiary/aromatic N) is 3. The fraction of sp³-hybridized carbons (Fsp3) is 0.250. The Labute approximate surface area is 156 Å². The Kier molecular flexibility index (Phi) is 4.77. The molecule has 0 radical (unpaired) electrons. The molecule has 132 valence electrons. The number of pyridine rings is 1. The summed E-state index contributed by atoms with van der Waals surface area (Å²) >= 11 is 1.60. The molecular weight excluding hydrogens is 344 g/mol. The van der Waals surface area contributed by atoms with E-state index >= 15 is 0 Å². The highest BCUT2D eigenvalue weighted by Crippen LogP contribution is 2.25. The lowest BCUT2D eigenvalue weighted by Gasteiger charge is -2.17. The molecule has 2 aromatic heterocycles. The zero-order chi connectivity index (χ0) is 17.9. The second-order valence-electron chi connectivity index (χ2n) is 6.43. The first kappa shape index (κ1) is 16.9. The summed E-state index contributed by atoms with van der Waals surface area (Å²) in [7, 11) is 0. The van der Waals surface area contributed by atoms with E-state index in [9.17, 15) is 4.79 Å². The lowest BCUT2D eigenvalue weighted by atomic mass is 10.1. The number of hydrogen-bond donors (Lipinski definition) is 1. The van der Waals surface area contributed by atoms with Crippen molar-refractivity contribution in [2.75, 3.05) is 6.54 Å². The van der Waals surface area contributed by atoms with Crippen LogP contribution in [0.5, 0.6) is 0 Å². The van der Waals surface area contributed by atoms with E-state index in [1.54, 1.807) is 17.5 Å². The summed E-state index contributed by atoms with van der Waals surface area (Å²) in [6.07, 6.45) is 3.56. The first-order valence-corrected chi connectivity index (χ1v) is 9.52.